The molecule has 1 aliphatic carbocycles. The number of hydrogen-bond acceptors (Lipinski definition) is 2. The van der Waals surface area contributed by atoms with Crippen molar-refractivity contribution in [1.29, 1.82) is 0 Å². The zero-order chi connectivity index (χ0) is 13.5. The van der Waals surface area contributed by atoms with E-state index in [-0.39, 0.29) is 5.92 Å². The molecule has 0 spiro atoms. The van der Waals surface area contributed by atoms with Crippen LogP contribution >= 0.6 is 0 Å². The number of nitrogens with one attached hydrogen (secondary N) is 1. The second-order valence-electron chi connectivity index (χ2n) is 6.21. The number of carbonyl (C=O) groups is 1. The molecule has 0 saturated heterocycles. The Morgan fingerprint density at radius 3 is 2.67 bits per heavy atom. The normalized spacial score (nSPS) is 27.7. The standard InChI is InChI=1S/C15H29NO2/c1-11-6-4-9-14(10-11)16-13(3)8-5-7-12(2)15(17)18/h11-14,16H,4-10H2,1-3H3,(H,17,18). The molecule has 3 heteroatoms. The van der Waals surface area contributed by atoms with Crippen LogP contribution in [0.4, 0.5) is 0 Å². The van der Waals surface area contributed by atoms with E-state index in [9.17, 15) is 4.79 Å². The molecule has 18 heavy (non-hydrogen) atoms. The molecule has 106 valence electrons. The summed E-state index contributed by atoms with van der Waals surface area (Å²) >= 11 is 0. The zero-order valence-electron chi connectivity index (χ0n) is 12.1. The van der Waals surface area contributed by atoms with Gasteiger partial charge in [0.25, 0.3) is 0 Å². The SMILES string of the molecule is CC1CCCC(NC(C)CCCC(C)C(=O)O)C1. The van der Waals surface area contributed by atoms with Gasteiger partial charge < -0.3 is 10.4 Å². The van der Waals surface area contributed by atoms with Crippen molar-refractivity contribution in [1.82, 2.24) is 5.32 Å². The highest BCUT2D eigenvalue weighted by Gasteiger charge is 2.20. The van der Waals surface area contributed by atoms with Crippen LogP contribution in [0.15, 0.2) is 0 Å². The van der Waals surface area contributed by atoms with Crippen molar-refractivity contribution in [3.63, 3.8) is 0 Å². The molecule has 1 aliphatic rings. The summed E-state index contributed by atoms with van der Waals surface area (Å²) in [6, 6.07) is 1.20. The summed E-state index contributed by atoms with van der Waals surface area (Å²) in [7, 11) is 0. The van der Waals surface area contributed by atoms with Crippen molar-refractivity contribution in [3.8, 4) is 0 Å². The summed E-state index contributed by atoms with van der Waals surface area (Å²) in [5.74, 6) is -0.0147. The lowest BCUT2D eigenvalue weighted by Crippen LogP contribution is -2.39. The Labute approximate surface area is 111 Å². The third-order valence-electron chi connectivity index (χ3n) is 4.15. The van der Waals surface area contributed by atoms with E-state index in [1.165, 1.54) is 25.7 Å². The van der Waals surface area contributed by atoms with Gasteiger partial charge in [0.1, 0.15) is 0 Å². The van der Waals surface area contributed by atoms with E-state index in [0.29, 0.717) is 12.1 Å². The first-order valence-corrected chi connectivity index (χ1v) is 7.48. The monoisotopic (exact) mass is 255 g/mol. The van der Waals surface area contributed by atoms with Crippen LogP contribution in [0.25, 0.3) is 0 Å². The molecule has 0 radical (unpaired) electrons. The molecule has 4 atom stereocenters. The number of hydrogen-bond donors (Lipinski definition) is 2. The smallest absolute Gasteiger partial charge is 0.306 e. The van der Waals surface area contributed by atoms with Crippen LogP contribution in [0.5, 0.6) is 0 Å². The minimum Gasteiger partial charge on any atom is -0.481 e. The number of carboxylic acid groups (broad SMARTS) is 1. The van der Waals surface area contributed by atoms with Gasteiger partial charge in [-0.3, -0.25) is 4.79 Å². The first-order chi connectivity index (χ1) is 8.49. The summed E-state index contributed by atoms with van der Waals surface area (Å²) in [6.45, 7) is 6.36. The molecule has 0 aromatic heterocycles. The second kappa shape index (κ2) is 7.78. The summed E-state index contributed by atoms with van der Waals surface area (Å²) in [4.78, 5) is 10.7. The van der Waals surface area contributed by atoms with Crippen molar-refractivity contribution in [3.05, 3.63) is 0 Å². The molecule has 0 bridgehead atoms. The molecule has 4 unspecified atom stereocenters. The van der Waals surface area contributed by atoms with Crippen LogP contribution in [0.1, 0.15) is 65.7 Å². The van der Waals surface area contributed by atoms with Crippen LogP contribution in [0.2, 0.25) is 0 Å². The topological polar surface area (TPSA) is 49.3 Å². The first kappa shape index (κ1) is 15.5. The van der Waals surface area contributed by atoms with E-state index < -0.39 is 5.97 Å². The Balaban J connectivity index is 2.13. The molecular formula is C15H29NO2. The lowest BCUT2D eigenvalue weighted by atomic mass is 9.86. The highest BCUT2D eigenvalue weighted by Crippen LogP contribution is 2.24. The van der Waals surface area contributed by atoms with E-state index in [1.807, 2.05) is 0 Å². The molecule has 0 aromatic carbocycles. The predicted molar refractivity (Wildman–Crippen MR) is 74.7 cm³/mol. The Morgan fingerprint density at radius 2 is 2.06 bits per heavy atom. The third kappa shape index (κ3) is 5.85. The number of aliphatic carboxylic acids is 1. The molecule has 3 nitrogen and oxygen atoms in total. The van der Waals surface area contributed by atoms with Gasteiger partial charge in [0, 0.05) is 12.1 Å². The van der Waals surface area contributed by atoms with Crippen molar-refractivity contribution < 1.29 is 9.90 Å². The molecule has 2 N–H and O–H groups in total. The Morgan fingerprint density at radius 1 is 1.33 bits per heavy atom. The first-order valence-electron chi connectivity index (χ1n) is 7.48. The van der Waals surface area contributed by atoms with Gasteiger partial charge in [0.15, 0.2) is 0 Å². The number of carboxylic acids is 1. The fraction of sp³-hybridized carbons (Fsp3) is 0.933. The summed E-state index contributed by atoms with van der Waals surface area (Å²) in [6.07, 6.45) is 8.22. The fourth-order valence-corrected chi connectivity index (χ4v) is 2.92. The molecule has 1 rings (SSSR count). The summed E-state index contributed by atoms with van der Waals surface area (Å²) < 4.78 is 0. The molecule has 0 aromatic rings. The molecule has 0 amide bonds. The Bertz CT molecular complexity index is 255. The maximum atomic E-state index is 10.7. The van der Waals surface area contributed by atoms with Crippen LogP contribution in [-0.2, 0) is 4.79 Å². The van der Waals surface area contributed by atoms with Gasteiger partial charge >= 0.3 is 5.97 Å². The van der Waals surface area contributed by atoms with Crippen LogP contribution < -0.4 is 5.32 Å². The fourth-order valence-electron chi connectivity index (χ4n) is 2.92. The van der Waals surface area contributed by atoms with Gasteiger partial charge in [-0.1, -0.05) is 33.1 Å². The lowest BCUT2D eigenvalue weighted by Gasteiger charge is -2.30. The van der Waals surface area contributed by atoms with Gasteiger partial charge in [-0.15, -0.1) is 0 Å². The quantitative estimate of drug-likeness (QED) is 0.732. The van der Waals surface area contributed by atoms with E-state index in [2.05, 4.69) is 19.2 Å². The van der Waals surface area contributed by atoms with Gasteiger partial charge in [-0.05, 0) is 38.5 Å². The number of rotatable bonds is 7. The van der Waals surface area contributed by atoms with Crippen LogP contribution in [0, 0.1) is 11.8 Å². The minimum absolute atomic E-state index is 0.202. The summed E-state index contributed by atoms with van der Waals surface area (Å²) in [5.41, 5.74) is 0. The molecule has 1 saturated carbocycles. The van der Waals surface area contributed by atoms with E-state index in [0.717, 1.165) is 25.2 Å². The Kier molecular flexibility index (Phi) is 6.69. The predicted octanol–water partition coefficient (Wildman–Crippen LogP) is 3.43. The van der Waals surface area contributed by atoms with E-state index in [1.54, 1.807) is 6.92 Å². The summed E-state index contributed by atoms with van der Waals surface area (Å²) in [5, 5.41) is 12.5. The largest absolute Gasteiger partial charge is 0.481 e. The average Bonchev–Trinajstić information content (AvgIpc) is 2.28. The van der Waals surface area contributed by atoms with Crippen molar-refractivity contribution in [2.45, 2.75) is 77.8 Å². The molecular weight excluding hydrogens is 226 g/mol. The lowest BCUT2D eigenvalue weighted by molar-refractivity contribution is -0.141. The van der Waals surface area contributed by atoms with Crippen molar-refractivity contribution in [2.75, 3.05) is 0 Å². The highest BCUT2D eigenvalue weighted by molar-refractivity contribution is 5.69. The van der Waals surface area contributed by atoms with E-state index in [4.69, 9.17) is 5.11 Å². The van der Waals surface area contributed by atoms with Crippen LogP contribution in [0.3, 0.4) is 0 Å². The molecule has 0 heterocycles. The van der Waals surface area contributed by atoms with Gasteiger partial charge in [0.05, 0.1) is 5.92 Å². The molecule has 1 fully saturated rings. The van der Waals surface area contributed by atoms with Crippen molar-refractivity contribution in [2.24, 2.45) is 11.8 Å². The Hall–Kier alpha value is -0.570. The van der Waals surface area contributed by atoms with E-state index >= 15 is 0 Å². The highest BCUT2D eigenvalue weighted by atomic mass is 16.4. The minimum atomic E-state index is -0.670. The third-order valence-corrected chi connectivity index (χ3v) is 4.15. The second-order valence-corrected chi connectivity index (χ2v) is 6.21. The maximum absolute atomic E-state index is 10.7. The van der Waals surface area contributed by atoms with Crippen molar-refractivity contribution >= 4 is 5.97 Å². The van der Waals surface area contributed by atoms with Crippen LogP contribution in [-0.4, -0.2) is 23.2 Å². The average molecular weight is 255 g/mol. The van der Waals surface area contributed by atoms with Gasteiger partial charge in [0.2, 0.25) is 0 Å². The van der Waals surface area contributed by atoms with Gasteiger partial charge in [-0.2, -0.15) is 0 Å². The molecule has 0 aliphatic heterocycles. The van der Waals surface area contributed by atoms with Gasteiger partial charge in [-0.25, -0.2) is 0 Å². The zero-order valence-corrected chi connectivity index (χ0v) is 12.1. The maximum Gasteiger partial charge on any atom is 0.306 e.